The molecule has 214 valence electrons. The molecule has 0 saturated carbocycles. The summed E-state index contributed by atoms with van der Waals surface area (Å²) in [5, 5.41) is 3.35. The standard InChI is InChI=1S/C30H36ClN3O5S/c1-5-28(30(36)32-19-22(2)3)33(20-23-12-9-10-17-27(23)31)29(35)21-34(24-13-11-14-25(18-24)39-4)40(37,38)26-15-7-6-8-16-26/h6-18,22,28H,5,19-21H2,1-4H3,(H,32,36)/t28-/m1/s1. The van der Waals surface area contributed by atoms with Crippen LogP contribution in [0.25, 0.3) is 0 Å². The van der Waals surface area contributed by atoms with Gasteiger partial charge in [0.15, 0.2) is 0 Å². The molecule has 3 rings (SSSR count). The van der Waals surface area contributed by atoms with Gasteiger partial charge in [0.2, 0.25) is 11.8 Å². The summed E-state index contributed by atoms with van der Waals surface area (Å²) in [6, 6.07) is 20.6. The Bertz CT molecular complexity index is 1400. The average molecular weight is 586 g/mol. The zero-order valence-electron chi connectivity index (χ0n) is 23.2. The lowest BCUT2D eigenvalue weighted by molar-refractivity contribution is -0.140. The van der Waals surface area contributed by atoms with Crippen molar-refractivity contribution in [2.45, 2.75) is 44.7 Å². The molecule has 0 fully saturated rings. The highest BCUT2D eigenvalue weighted by atomic mass is 35.5. The van der Waals surface area contributed by atoms with Crippen LogP contribution in [0.1, 0.15) is 32.8 Å². The molecule has 0 aromatic heterocycles. The average Bonchev–Trinajstić information content (AvgIpc) is 2.95. The number of carbonyl (C=O) groups excluding carboxylic acids is 2. The fraction of sp³-hybridized carbons (Fsp3) is 0.333. The highest BCUT2D eigenvalue weighted by Gasteiger charge is 2.34. The van der Waals surface area contributed by atoms with Crippen LogP contribution < -0.4 is 14.4 Å². The second kappa shape index (κ2) is 14.2. The Hall–Kier alpha value is -3.56. The molecule has 0 aliphatic heterocycles. The van der Waals surface area contributed by atoms with E-state index in [0.29, 0.717) is 29.3 Å². The van der Waals surface area contributed by atoms with Crippen LogP contribution in [-0.2, 0) is 26.2 Å². The lowest BCUT2D eigenvalue weighted by Gasteiger charge is -2.33. The van der Waals surface area contributed by atoms with E-state index in [9.17, 15) is 18.0 Å². The predicted octanol–water partition coefficient (Wildman–Crippen LogP) is 5.12. The van der Waals surface area contributed by atoms with E-state index >= 15 is 0 Å². The molecule has 10 heteroatoms. The predicted molar refractivity (Wildman–Crippen MR) is 158 cm³/mol. The summed E-state index contributed by atoms with van der Waals surface area (Å²) >= 11 is 6.43. The van der Waals surface area contributed by atoms with Crippen molar-refractivity contribution in [1.82, 2.24) is 10.2 Å². The second-order valence-electron chi connectivity index (χ2n) is 9.70. The Morgan fingerprint density at radius 3 is 2.27 bits per heavy atom. The van der Waals surface area contributed by atoms with E-state index in [-0.39, 0.29) is 29.0 Å². The van der Waals surface area contributed by atoms with Crippen LogP contribution in [0.2, 0.25) is 5.02 Å². The van der Waals surface area contributed by atoms with Gasteiger partial charge in [-0.2, -0.15) is 0 Å². The first-order valence-electron chi connectivity index (χ1n) is 13.1. The van der Waals surface area contributed by atoms with Crippen LogP contribution in [-0.4, -0.2) is 51.4 Å². The van der Waals surface area contributed by atoms with E-state index in [0.717, 1.165) is 4.31 Å². The Balaban J connectivity index is 2.06. The first kappa shape index (κ1) is 31.0. The SMILES string of the molecule is CC[C@H](C(=O)NCC(C)C)N(Cc1ccccc1Cl)C(=O)CN(c1cccc(OC)c1)S(=O)(=O)c1ccccc1. The first-order chi connectivity index (χ1) is 19.1. The van der Waals surface area contributed by atoms with Crippen molar-refractivity contribution in [3.8, 4) is 5.75 Å². The van der Waals surface area contributed by atoms with Crippen LogP contribution in [0.15, 0.2) is 83.8 Å². The van der Waals surface area contributed by atoms with E-state index in [1.54, 1.807) is 66.7 Å². The highest BCUT2D eigenvalue weighted by molar-refractivity contribution is 7.92. The van der Waals surface area contributed by atoms with Crippen LogP contribution in [0.3, 0.4) is 0 Å². The summed E-state index contributed by atoms with van der Waals surface area (Å²) in [4.78, 5) is 28.8. The molecule has 40 heavy (non-hydrogen) atoms. The summed E-state index contributed by atoms with van der Waals surface area (Å²) in [6.45, 7) is 5.71. The maximum absolute atomic E-state index is 14.1. The number of rotatable bonds is 13. The molecule has 0 unspecified atom stereocenters. The number of amides is 2. The lowest BCUT2D eigenvalue weighted by Crippen LogP contribution is -2.52. The van der Waals surface area contributed by atoms with E-state index in [1.807, 2.05) is 20.8 Å². The van der Waals surface area contributed by atoms with Crippen molar-refractivity contribution in [2.24, 2.45) is 5.92 Å². The van der Waals surface area contributed by atoms with E-state index < -0.39 is 28.5 Å². The van der Waals surface area contributed by atoms with Gasteiger partial charge in [-0.25, -0.2) is 8.42 Å². The molecular weight excluding hydrogens is 550 g/mol. The van der Waals surface area contributed by atoms with Crippen LogP contribution in [0.5, 0.6) is 5.75 Å². The Morgan fingerprint density at radius 1 is 0.975 bits per heavy atom. The normalized spacial score (nSPS) is 12.1. The topological polar surface area (TPSA) is 96.0 Å². The quantitative estimate of drug-likeness (QED) is 0.300. The van der Waals surface area contributed by atoms with Gasteiger partial charge in [0.25, 0.3) is 10.0 Å². The molecule has 0 bridgehead atoms. The number of carbonyl (C=O) groups is 2. The molecule has 2 amide bonds. The number of halogens is 1. The van der Waals surface area contributed by atoms with Crippen LogP contribution in [0, 0.1) is 5.92 Å². The highest BCUT2D eigenvalue weighted by Crippen LogP contribution is 2.28. The minimum Gasteiger partial charge on any atom is -0.497 e. The van der Waals surface area contributed by atoms with Gasteiger partial charge in [-0.1, -0.05) is 74.8 Å². The molecule has 0 aliphatic rings. The summed E-state index contributed by atoms with van der Waals surface area (Å²) in [6.07, 6.45) is 0.324. The van der Waals surface area contributed by atoms with Crippen molar-refractivity contribution >= 4 is 39.1 Å². The molecule has 0 saturated heterocycles. The number of benzene rings is 3. The number of hydrogen-bond donors (Lipinski definition) is 1. The third-order valence-electron chi connectivity index (χ3n) is 6.32. The number of nitrogens with zero attached hydrogens (tertiary/aromatic N) is 2. The fourth-order valence-electron chi connectivity index (χ4n) is 4.17. The molecular formula is C30H36ClN3O5S. The van der Waals surface area contributed by atoms with Crippen molar-refractivity contribution in [3.05, 3.63) is 89.4 Å². The third kappa shape index (κ3) is 7.76. The fourth-order valence-corrected chi connectivity index (χ4v) is 5.79. The van der Waals surface area contributed by atoms with Gasteiger partial charge in [-0.3, -0.25) is 13.9 Å². The van der Waals surface area contributed by atoms with Crippen molar-refractivity contribution in [1.29, 1.82) is 0 Å². The number of hydrogen-bond acceptors (Lipinski definition) is 5. The lowest BCUT2D eigenvalue weighted by atomic mass is 10.1. The molecule has 0 spiro atoms. The number of sulfonamides is 1. The summed E-state index contributed by atoms with van der Waals surface area (Å²) in [5.74, 6) is -0.205. The third-order valence-corrected chi connectivity index (χ3v) is 8.48. The number of methoxy groups -OCH3 is 1. The molecule has 0 radical (unpaired) electrons. The molecule has 3 aromatic rings. The van der Waals surface area contributed by atoms with E-state index in [2.05, 4.69) is 5.32 Å². The molecule has 0 aliphatic carbocycles. The molecule has 1 atom stereocenters. The first-order valence-corrected chi connectivity index (χ1v) is 14.9. The molecule has 1 N–H and O–H groups in total. The number of anilines is 1. The Morgan fingerprint density at radius 2 is 1.65 bits per heavy atom. The molecule has 0 heterocycles. The molecule has 8 nitrogen and oxygen atoms in total. The van der Waals surface area contributed by atoms with Gasteiger partial charge in [0.1, 0.15) is 18.3 Å². The summed E-state index contributed by atoms with van der Waals surface area (Å²) < 4.78 is 34.1. The Labute approximate surface area is 241 Å². The monoisotopic (exact) mass is 585 g/mol. The van der Waals surface area contributed by atoms with Gasteiger partial charge in [0.05, 0.1) is 17.7 Å². The maximum Gasteiger partial charge on any atom is 0.264 e. The smallest absolute Gasteiger partial charge is 0.264 e. The number of nitrogens with one attached hydrogen (secondary N) is 1. The molecule has 3 aromatic carbocycles. The van der Waals surface area contributed by atoms with Crippen molar-refractivity contribution in [2.75, 3.05) is 24.5 Å². The Kier molecular flexibility index (Phi) is 11.0. The van der Waals surface area contributed by atoms with E-state index in [4.69, 9.17) is 16.3 Å². The minimum atomic E-state index is -4.16. The largest absolute Gasteiger partial charge is 0.497 e. The zero-order valence-corrected chi connectivity index (χ0v) is 24.8. The van der Waals surface area contributed by atoms with Crippen LogP contribution >= 0.6 is 11.6 Å². The van der Waals surface area contributed by atoms with Gasteiger partial charge in [0, 0.05) is 24.2 Å². The number of ether oxygens (including phenoxy) is 1. The maximum atomic E-state index is 14.1. The summed E-state index contributed by atoms with van der Waals surface area (Å²) in [5.41, 5.74) is 0.901. The van der Waals surface area contributed by atoms with Crippen molar-refractivity contribution in [3.63, 3.8) is 0 Å². The van der Waals surface area contributed by atoms with Crippen LogP contribution in [0.4, 0.5) is 5.69 Å². The second-order valence-corrected chi connectivity index (χ2v) is 12.0. The van der Waals surface area contributed by atoms with Crippen molar-refractivity contribution < 1.29 is 22.7 Å². The summed E-state index contributed by atoms with van der Waals surface area (Å²) in [7, 11) is -2.68. The van der Waals surface area contributed by atoms with Gasteiger partial charge in [-0.15, -0.1) is 0 Å². The van der Waals surface area contributed by atoms with Gasteiger partial charge in [-0.05, 0) is 48.2 Å². The van der Waals surface area contributed by atoms with Gasteiger partial charge < -0.3 is 15.0 Å². The van der Waals surface area contributed by atoms with Gasteiger partial charge >= 0.3 is 0 Å². The minimum absolute atomic E-state index is 0.0312. The zero-order chi connectivity index (χ0) is 29.3. The van der Waals surface area contributed by atoms with E-state index in [1.165, 1.54) is 24.1 Å².